The summed E-state index contributed by atoms with van der Waals surface area (Å²) < 4.78 is 0.227. The van der Waals surface area contributed by atoms with Gasteiger partial charge in [0.15, 0.2) is 0 Å². The van der Waals surface area contributed by atoms with E-state index in [2.05, 4.69) is 44.2 Å². The molecule has 0 aliphatic heterocycles. The van der Waals surface area contributed by atoms with Gasteiger partial charge >= 0.3 is 0 Å². The second-order valence-corrected chi connectivity index (χ2v) is 6.30. The van der Waals surface area contributed by atoms with Crippen molar-refractivity contribution >= 4 is 11.8 Å². The minimum Gasteiger partial charge on any atom is -0.198 e. The molecule has 0 spiro atoms. The smallest absolute Gasteiger partial charge is 0.0622 e. The Kier molecular flexibility index (Phi) is 5.42. The van der Waals surface area contributed by atoms with E-state index in [9.17, 15) is 0 Å². The summed E-state index contributed by atoms with van der Waals surface area (Å²) in [4.78, 5) is 0. The number of nitriles is 1. The molecule has 0 bridgehead atoms. The topological polar surface area (TPSA) is 23.8 Å². The Hall–Kier alpha value is -0.940. The van der Waals surface area contributed by atoms with Gasteiger partial charge in [-0.05, 0) is 24.2 Å². The maximum absolute atomic E-state index is 8.57. The summed E-state index contributed by atoms with van der Waals surface area (Å²) >= 11 is 1.96. The van der Waals surface area contributed by atoms with E-state index >= 15 is 0 Å². The first-order chi connectivity index (χ1) is 7.64. The van der Waals surface area contributed by atoms with Gasteiger partial charge in [0.05, 0.1) is 6.07 Å². The molecule has 86 valence electrons. The third kappa shape index (κ3) is 5.23. The van der Waals surface area contributed by atoms with E-state index in [4.69, 9.17) is 5.26 Å². The fourth-order valence-electron chi connectivity index (χ4n) is 1.52. The standard InChI is InChI=1S/C14H19NS/c1-14(2,10-6-11-15)16-12-9-13-7-4-3-5-8-13/h3-5,7-8H,6,9-10,12H2,1-2H3. The van der Waals surface area contributed by atoms with Crippen LogP contribution in [0.15, 0.2) is 30.3 Å². The molecule has 2 heteroatoms. The van der Waals surface area contributed by atoms with Crippen LogP contribution in [-0.4, -0.2) is 10.5 Å². The number of nitrogens with zero attached hydrogens (tertiary/aromatic N) is 1. The van der Waals surface area contributed by atoms with Gasteiger partial charge in [-0.15, -0.1) is 0 Å². The van der Waals surface area contributed by atoms with E-state index in [0.29, 0.717) is 6.42 Å². The molecule has 0 radical (unpaired) electrons. The molecule has 0 aromatic heterocycles. The molecule has 0 amide bonds. The zero-order valence-corrected chi connectivity index (χ0v) is 10.9. The molecule has 0 aliphatic carbocycles. The van der Waals surface area contributed by atoms with Gasteiger partial charge < -0.3 is 0 Å². The summed E-state index contributed by atoms with van der Waals surface area (Å²) in [5.41, 5.74) is 1.39. The monoisotopic (exact) mass is 233 g/mol. The summed E-state index contributed by atoms with van der Waals surface area (Å²) in [6, 6.07) is 12.8. The van der Waals surface area contributed by atoms with Crippen molar-refractivity contribution in [2.45, 2.75) is 37.9 Å². The number of aryl methyl sites for hydroxylation is 1. The Morgan fingerprint density at radius 3 is 2.56 bits per heavy atom. The van der Waals surface area contributed by atoms with Crippen LogP contribution in [0.4, 0.5) is 0 Å². The Morgan fingerprint density at radius 1 is 1.25 bits per heavy atom. The second kappa shape index (κ2) is 6.60. The van der Waals surface area contributed by atoms with Crippen LogP contribution in [0, 0.1) is 11.3 Å². The summed E-state index contributed by atoms with van der Waals surface area (Å²) in [6.07, 6.45) is 2.75. The highest BCUT2D eigenvalue weighted by molar-refractivity contribution is 8.00. The van der Waals surface area contributed by atoms with Crippen LogP contribution in [0.5, 0.6) is 0 Å². The third-order valence-electron chi connectivity index (χ3n) is 2.57. The van der Waals surface area contributed by atoms with Gasteiger partial charge in [0.25, 0.3) is 0 Å². The van der Waals surface area contributed by atoms with E-state index in [1.54, 1.807) is 0 Å². The zero-order valence-electron chi connectivity index (χ0n) is 10.1. The van der Waals surface area contributed by atoms with Crippen molar-refractivity contribution in [2.24, 2.45) is 0 Å². The van der Waals surface area contributed by atoms with E-state index in [-0.39, 0.29) is 4.75 Å². The molecule has 0 saturated carbocycles. The van der Waals surface area contributed by atoms with Crippen LogP contribution in [0.3, 0.4) is 0 Å². The van der Waals surface area contributed by atoms with Crippen molar-refractivity contribution in [1.29, 1.82) is 5.26 Å². The van der Waals surface area contributed by atoms with Gasteiger partial charge in [-0.25, -0.2) is 0 Å². The summed E-state index contributed by atoms with van der Waals surface area (Å²) in [6.45, 7) is 4.44. The average molecular weight is 233 g/mol. The van der Waals surface area contributed by atoms with Crippen LogP contribution < -0.4 is 0 Å². The van der Waals surface area contributed by atoms with Gasteiger partial charge in [0.1, 0.15) is 0 Å². The minimum absolute atomic E-state index is 0.227. The van der Waals surface area contributed by atoms with Crippen molar-refractivity contribution in [3.8, 4) is 6.07 Å². The maximum atomic E-state index is 8.57. The number of benzene rings is 1. The van der Waals surface area contributed by atoms with Crippen LogP contribution in [0.25, 0.3) is 0 Å². The van der Waals surface area contributed by atoms with E-state index in [0.717, 1.165) is 18.6 Å². The first-order valence-corrected chi connectivity index (χ1v) is 6.67. The van der Waals surface area contributed by atoms with Crippen LogP contribution in [0.2, 0.25) is 0 Å². The lowest BCUT2D eigenvalue weighted by atomic mass is 10.1. The van der Waals surface area contributed by atoms with Gasteiger partial charge in [0.2, 0.25) is 0 Å². The highest BCUT2D eigenvalue weighted by atomic mass is 32.2. The van der Waals surface area contributed by atoms with Gasteiger partial charge in [-0.3, -0.25) is 0 Å². The van der Waals surface area contributed by atoms with Crippen molar-refractivity contribution in [1.82, 2.24) is 0 Å². The highest BCUT2D eigenvalue weighted by Gasteiger charge is 2.17. The molecule has 0 atom stereocenters. The van der Waals surface area contributed by atoms with Crippen molar-refractivity contribution in [2.75, 3.05) is 5.75 Å². The van der Waals surface area contributed by atoms with Gasteiger partial charge in [-0.2, -0.15) is 17.0 Å². The van der Waals surface area contributed by atoms with Crippen LogP contribution >= 0.6 is 11.8 Å². The highest BCUT2D eigenvalue weighted by Crippen LogP contribution is 2.29. The minimum atomic E-state index is 0.227. The first-order valence-electron chi connectivity index (χ1n) is 5.69. The summed E-state index contributed by atoms with van der Waals surface area (Å²) in [5, 5.41) is 8.57. The number of hydrogen-bond acceptors (Lipinski definition) is 2. The second-order valence-electron chi connectivity index (χ2n) is 4.50. The molecule has 0 heterocycles. The Balaban J connectivity index is 2.27. The molecule has 1 nitrogen and oxygen atoms in total. The fraction of sp³-hybridized carbons (Fsp3) is 0.500. The van der Waals surface area contributed by atoms with E-state index < -0.39 is 0 Å². The Labute approximate surface area is 103 Å². The normalized spacial score (nSPS) is 11.1. The molecule has 0 saturated heterocycles. The zero-order chi connectivity index (χ0) is 11.9. The molecule has 1 aromatic rings. The van der Waals surface area contributed by atoms with E-state index in [1.807, 2.05) is 17.8 Å². The maximum Gasteiger partial charge on any atom is 0.0622 e. The van der Waals surface area contributed by atoms with Crippen molar-refractivity contribution in [3.63, 3.8) is 0 Å². The number of rotatable bonds is 6. The van der Waals surface area contributed by atoms with Crippen LogP contribution in [-0.2, 0) is 6.42 Å². The largest absolute Gasteiger partial charge is 0.198 e. The fourth-order valence-corrected chi connectivity index (χ4v) is 2.66. The number of thioether (sulfide) groups is 1. The molecular weight excluding hydrogens is 214 g/mol. The van der Waals surface area contributed by atoms with Gasteiger partial charge in [0, 0.05) is 11.2 Å². The molecular formula is C14H19NS. The lowest BCUT2D eigenvalue weighted by molar-refractivity contribution is 0.652. The quantitative estimate of drug-likeness (QED) is 0.740. The molecule has 0 N–H and O–H groups in total. The summed E-state index contributed by atoms with van der Waals surface area (Å²) in [7, 11) is 0. The molecule has 0 aliphatic rings. The molecule has 0 unspecified atom stereocenters. The summed E-state index contributed by atoms with van der Waals surface area (Å²) in [5.74, 6) is 1.13. The first kappa shape index (κ1) is 13.1. The van der Waals surface area contributed by atoms with Crippen molar-refractivity contribution in [3.05, 3.63) is 35.9 Å². The molecule has 0 fully saturated rings. The average Bonchev–Trinajstić information content (AvgIpc) is 2.28. The molecule has 1 rings (SSSR count). The lowest BCUT2D eigenvalue weighted by Crippen LogP contribution is -2.15. The van der Waals surface area contributed by atoms with Crippen LogP contribution in [0.1, 0.15) is 32.3 Å². The van der Waals surface area contributed by atoms with E-state index in [1.165, 1.54) is 5.56 Å². The predicted octanol–water partition coefficient (Wildman–Crippen LogP) is 4.04. The lowest BCUT2D eigenvalue weighted by Gasteiger charge is -2.22. The van der Waals surface area contributed by atoms with Gasteiger partial charge in [-0.1, -0.05) is 44.2 Å². The number of hydrogen-bond donors (Lipinski definition) is 0. The predicted molar refractivity (Wildman–Crippen MR) is 71.5 cm³/mol. The Bertz CT molecular complexity index is 338. The third-order valence-corrected chi connectivity index (χ3v) is 3.96. The van der Waals surface area contributed by atoms with Crippen molar-refractivity contribution < 1.29 is 0 Å². The Morgan fingerprint density at radius 2 is 1.94 bits per heavy atom. The molecule has 16 heavy (non-hydrogen) atoms. The SMILES string of the molecule is CC(C)(CCC#N)SCCc1ccccc1. The molecule has 1 aromatic carbocycles.